The first-order chi connectivity index (χ1) is 38.4. The van der Waals surface area contributed by atoms with E-state index in [0.717, 1.165) is 78.0 Å². The molecule has 11 aromatic carbocycles. The van der Waals surface area contributed by atoms with Crippen LogP contribution in [0.1, 0.15) is 50.7 Å². The second kappa shape index (κ2) is 15.9. The molecule has 0 aliphatic rings. The van der Waals surface area contributed by atoms with Crippen molar-refractivity contribution in [2.24, 2.45) is 0 Å². The number of hydrogen-bond acceptors (Lipinski definition) is 4. The van der Waals surface area contributed by atoms with Crippen molar-refractivity contribution < 1.29 is 8.83 Å². The monoisotopic (exact) mass is 1000 g/mol. The Morgan fingerprint density at radius 1 is 0.308 bits per heavy atom. The lowest BCUT2D eigenvalue weighted by Crippen LogP contribution is -2.11. The number of benzene rings is 11. The molecule has 0 fully saturated rings. The Morgan fingerprint density at radius 3 is 1.10 bits per heavy atom. The van der Waals surface area contributed by atoms with E-state index in [-0.39, 0.29) is 0 Å². The standard InChI is InChI=1S/C72H50N4O2/c1-41(2)43-31-35-45(36-32-43)73(61-27-11-19-51-47-15-5-7-29-65(47)77-71(51)61)57-23-13-25-59-67(57)53-21-9-17-49-55-40-64-56(39-63(55)75(59)69(49)53)50-18-10-22-54-68-58(24-14-26-60(68)76(64)70(50)54)74(46-37-33-44(34-38-46)42(3)4)62-28-12-20-52-48-16-6-8-30-66(48)78-72(52)62/h5-42H,1-4H3. The zero-order chi connectivity index (χ0) is 51.7. The average Bonchev–Trinajstić information content (AvgIpc) is 4.40. The van der Waals surface area contributed by atoms with E-state index in [1.807, 2.05) is 0 Å². The third-order valence-electron chi connectivity index (χ3n) is 17.1. The molecule has 0 N–H and O–H groups in total. The Hall–Kier alpha value is -9.78. The molecule has 0 unspecified atom stereocenters. The first kappa shape index (κ1) is 43.5. The Kier molecular flexibility index (Phi) is 8.85. The highest BCUT2D eigenvalue weighted by Gasteiger charge is 2.29. The van der Waals surface area contributed by atoms with Gasteiger partial charge in [0, 0.05) is 76.0 Å². The van der Waals surface area contributed by atoms with Gasteiger partial charge in [0.2, 0.25) is 0 Å². The van der Waals surface area contributed by atoms with Gasteiger partial charge in [0.1, 0.15) is 11.2 Å². The van der Waals surface area contributed by atoms with Gasteiger partial charge in [0.05, 0.1) is 55.8 Å². The fourth-order valence-corrected chi connectivity index (χ4v) is 13.5. The predicted molar refractivity (Wildman–Crippen MR) is 328 cm³/mol. The van der Waals surface area contributed by atoms with E-state index in [1.165, 1.54) is 87.3 Å². The van der Waals surface area contributed by atoms with Crippen LogP contribution in [-0.2, 0) is 0 Å². The summed E-state index contributed by atoms with van der Waals surface area (Å²) in [5.41, 5.74) is 19.7. The van der Waals surface area contributed by atoms with Gasteiger partial charge < -0.3 is 27.4 Å². The number of nitrogens with zero attached hydrogens (tertiary/aromatic N) is 4. The van der Waals surface area contributed by atoms with E-state index in [9.17, 15) is 0 Å². The molecule has 6 nitrogen and oxygen atoms in total. The van der Waals surface area contributed by atoms with Crippen molar-refractivity contribution in [3.63, 3.8) is 0 Å². The normalized spacial score (nSPS) is 12.6. The quantitative estimate of drug-likeness (QED) is 0.152. The summed E-state index contributed by atoms with van der Waals surface area (Å²) < 4.78 is 18.7. The van der Waals surface area contributed by atoms with Crippen LogP contribution >= 0.6 is 0 Å². The van der Waals surface area contributed by atoms with Gasteiger partial charge in [0.15, 0.2) is 11.2 Å². The molecule has 370 valence electrons. The molecule has 0 bridgehead atoms. The summed E-state index contributed by atoms with van der Waals surface area (Å²) in [4.78, 5) is 4.84. The Morgan fingerprint density at radius 2 is 0.667 bits per heavy atom. The average molecular weight is 1000 g/mol. The highest BCUT2D eigenvalue weighted by molar-refractivity contribution is 6.31. The van der Waals surface area contributed by atoms with E-state index in [4.69, 9.17) is 8.83 Å². The zero-order valence-electron chi connectivity index (χ0n) is 43.5. The second-order valence-electron chi connectivity index (χ2n) is 22.0. The molecule has 0 aliphatic carbocycles. The van der Waals surface area contributed by atoms with Crippen molar-refractivity contribution in [2.45, 2.75) is 39.5 Å². The first-order valence-corrected chi connectivity index (χ1v) is 27.3. The number of fused-ring (bicyclic) bond motifs is 18. The minimum atomic E-state index is 0.413. The highest BCUT2D eigenvalue weighted by Crippen LogP contribution is 2.52. The van der Waals surface area contributed by atoms with Crippen LogP contribution in [0, 0.1) is 0 Å². The lowest BCUT2D eigenvalue weighted by molar-refractivity contribution is 0.669. The van der Waals surface area contributed by atoms with Gasteiger partial charge >= 0.3 is 0 Å². The van der Waals surface area contributed by atoms with E-state index >= 15 is 0 Å². The van der Waals surface area contributed by atoms with Crippen molar-refractivity contribution in [3.8, 4) is 0 Å². The van der Waals surface area contributed by atoms with Crippen molar-refractivity contribution >= 4 is 154 Å². The maximum absolute atomic E-state index is 6.80. The molecule has 0 aliphatic heterocycles. The molecule has 0 atom stereocenters. The van der Waals surface area contributed by atoms with Crippen LogP contribution in [0.15, 0.2) is 227 Å². The third kappa shape index (κ3) is 5.81. The smallest absolute Gasteiger partial charge is 0.159 e. The zero-order valence-corrected chi connectivity index (χ0v) is 43.5. The highest BCUT2D eigenvalue weighted by atomic mass is 16.3. The number of para-hydroxylation sites is 6. The number of aromatic nitrogens is 2. The predicted octanol–water partition coefficient (Wildman–Crippen LogP) is 21.0. The van der Waals surface area contributed by atoms with Gasteiger partial charge in [-0.3, -0.25) is 0 Å². The number of furan rings is 2. The van der Waals surface area contributed by atoms with E-state index < -0.39 is 0 Å². The summed E-state index contributed by atoms with van der Waals surface area (Å²) in [5.74, 6) is 0.826. The second-order valence-corrected chi connectivity index (χ2v) is 22.0. The lowest BCUT2D eigenvalue weighted by Gasteiger charge is -2.27. The Labute approximate surface area is 448 Å². The number of rotatable bonds is 8. The molecule has 0 spiro atoms. The summed E-state index contributed by atoms with van der Waals surface area (Å²) in [6, 6.07) is 80.4. The Bertz CT molecular complexity index is 4950. The van der Waals surface area contributed by atoms with Gasteiger partial charge in [-0.15, -0.1) is 0 Å². The summed E-state index contributed by atoms with van der Waals surface area (Å²) >= 11 is 0. The van der Waals surface area contributed by atoms with Gasteiger partial charge in [0.25, 0.3) is 0 Å². The molecule has 17 aromatic rings. The van der Waals surface area contributed by atoms with Crippen LogP contribution in [-0.4, -0.2) is 8.80 Å². The molecule has 6 heteroatoms. The largest absolute Gasteiger partial charge is 0.454 e. The minimum absolute atomic E-state index is 0.413. The SMILES string of the molecule is CC(C)c1ccc(N(c2cccc3c2oc2ccccc23)c2cccc3c2c2cccc4c5cc6c(cc5n3c42)c2cccc3c4c(N(c5ccc(C(C)C)cc5)c5cccc7c5oc5ccccc57)cccc4n6c23)cc1. The van der Waals surface area contributed by atoms with Gasteiger partial charge in [-0.1, -0.05) is 161 Å². The molecular formula is C72H50N4O2. The van der Waals surface area contributed by atoms with Gasteiger partial charge in [-0.05, 0) is 108 Å². The van der Waals surface area contributed by atoms with Crippen LogP contribution in [0.4, 0.5) is 34.1 Å². The summed E-state index contributed by atoms with van der Waals surface area (Å²) in [6.45, 7) is 9.02. The number of hydrogen-bond donors (Lipinski definition) is 0. The molecule has 0 saturated heterocycles. The van der Waals surface area contributed by atoms with Crippen LogP contribution in [0.25, 0.3) is 120 Å². The molecule has 6 heterocycles. The first-order valence-electron chi connectivity index (χ1n) is 27.3. The maximum atomic E-state index is 6.80. The van der Waals surface area contributed by atoms with Crippen LogP contribution < -0.4 is 9.80 Å². The summed E-state index contributed by atoms with van der Waals surface area (Å²) in [7, 11) is 0. The Balaban J connectivity index is 0.909. The summed E-state index contributed by atoms with van der Waals surface area (Å²) in [6.07, 6.45) is 0. The molecule has 78 heavy (non-hydrogen) atoms. The van der Waals surface area contributed by atoms with Crippen LogP contribution in [0.3, 0.4) is 0 Å². The topological polar surface area (TPSA) is 41.6 Å². The van der Waals surface area contributed by atoms with Gasteiger partial charge in [-0.2, -0.15) is 0 Å². The summed E-state index contributed by atoms with van der Waals surface area (Å²) in [5, 5.41) is 14.2. The maximum Gasteiger partial charge on any atom is 0.159 e. The molecule has 0 saturated carbocycles. The van der Waals surface area contributed by atoms with E-state index in [1.54, 1.807) is 0 Å². The van der Waals surface area contributed by atoms with Crippen LogP contribution in [0.5, 0.6) is 0 Å². The molecule has 0 amide bonds. The molecule has 17 rings (SSSR count). The lowest BCUT2D eigenvalue weighted by atomic mass is 10.0. The fourth-order valence-electron chi connectivity index (χ4n) is 13.5. The van der Waals surface area contributed by atoms with Crippen molar-refractivity contribution in [3.05, 3.63) is 230 Å². The van der Waals surface area contributed by atoms with E-state index in [0.29, 0.717) is 11.8 Å². The molecule has 0 radical (unpaired) electrons. The minimum Gasteiger partial charge on any atom is -0.454 e. The van der Waals surface area contributed by atoms with E-state index in [2.05, 4.69) is 265 Å². The number of anilines is 6. The molecule has 6 aromatic heterocycles. The van der Waals surface area contributed by atoms with Crippen molar-refractivity contribution in [1.82, 2.24) is 8.80 Å². The van der Waals surface area contributed by atoms with Crippen LogP contribution in [0.2, 0.25) is 0 Å². The van der Waals surface area contributed by atoms with Crippen molar-refractivity contribution in [1.29, 1.82) is 0 Å². The third-order valence-corrected chi connectivity index (χ3v) is 17.1. The molecular weight excluding hydrogens is 953 g/mol. The van der Waals surface area contributed by atoms with Gasteiger partial charge in [-0.25, -0.2) is 0 Å². The van der Waals surface area contributed by atoms with Crippen molar-refractivity contribution in [2.75, 3.05) is 9.80 Å². The fraction of sp³-hybridized carbons (Fsp3) is 0.0833.